The average molecular weight is 584 g/mol. The maximum atomic E-state index is 14.5. The van der Waals surface area contributed by atoms with Crippen LogP contribution in [0.1, 0.15) is 40.9 Å². The molecule has 1 spiro atoms. The van der Waals surface area contributed by atoms with Crippen LogP contribution in [-0.2, 0) is 22.5 Å². The maximum absolute atomic E-state index is 14.5. The lowest BCUT2D eigenvalue weighted by atomic mass is 9.90. The standard InChI is InChI=1S/C34H34FN3O5/c35-28-15-13-27(14-16-28)31-22-29(36-43-31)32(39)38-19-21-42-34(24-38)17-7-6-11-26-10-4-5-12-30(26)41-20-18-37(33(34)40)23-25-8-2-1-3-9-25/h1-5,8-10,12-16,22H,6-7,11,17-21,23-24H2. The Labute approximate surface area is 250 Å². The summed E-state index contributed by atoms with van der Waals surface area (Å²) < 4.78 is 31.3. The number of carbonyl (C=O) groups excluding carboxylic acids is 2. The molecule has 9 heteroatoms. The molecule has 2 aliphatic rings. The van der Waals surface area contributed by atoms with Gasteiger partial charge in [-0.05, 0) is 67.1 Å². The van der Waals surface area contributed by atoms with Gasteiger partial charge in [0.05, 0.1) is 19.7 Å². The van der Waals surface area contributed by atoms with Crippen molar-refractivity contribution in [2.75, 3.05) is 32.8 Å². The van der Waals surface area contributed by atoms with E-state index in [0.717, 1.165) is 36.1 Å². The van der Waals surface area contributed by atoms with E-state index in [1.165, 1.54) is 12.1 Å². The third-order valence-electron chi connectivity index (χ3n) is 8.09. The summed E-state index contributed by atoms with van der Waals surface area (Å²) in [5.41, 5.74) is 1.68. The highest BCUT2D eigenvalue weighted by molar-refractivity contribution is 5.94. The van der Waals surface area contributed by atoms with Crippen molar-refractivity contribution in [1.82, 2.24) is 15.0 Å². The molecule has 0 aliphatic carbocycles. The zero-order chi connectivity index (χ0) is 29.6. The number of nitrogens with zero attached hydrogens (tertiary/aromatic N) is 3. The molecule has 6 rings (SSSR count). The van der Waals surface area contributed by atoms with E-state index in [0.29, 0.717) is 44.0 Å². The van der Waals surface area contributed by atoms with Crippen molar-refractivity contribution >= 4 is 11.8 Å². The summed E-state index contributed by atoms with van der Waals surface area (Å²) in [6.07, 6.45) is 2.88. The minimum atomic E-state index is -1.20. The first-order valence-corrected chi connectivity index (χ1v) is 14.7. The number of morpholine rings is 1. The molecule has 0 N–H and O–H groups in total. The van der Waals surface area contributed by atoms with E-state index in [2.05, 4.69) is 11.2 Å². The van der Waals surface area contributed by atoms with Gasteiger partial charge in [0.25, 0.3) is 11.8 Å². The van der Waals surface area contributed by atoms with Crippen molar-refractivity contribution in [3.05, 3.63) is 108 Å². The Morgan fingerprint density at radius 2 is 1.72 bits per heavy atom. The predicted molar refractivity (Wildman–Crippen MR) is 158 cm³/mol. The van der Waals surface area contributed by atoms with E-state index < -0.39 is 5.60 Å². The summed E-state index contributed by atoms with van der Waals surface area (Å²) in [7, 11) is 0. The second-order valence-corrected chi connectivity index (χ2v) is 11.0. The second kappa shape index (κ2) is 12.8. The summed E-state index contributed by atoms with van der Waals surface area (Å²) in [5, 5.41) is 4.01. The molecule has 0 bridgehead atoms. The molecule has 1 saturated heterocycles. The van der Waals surface area contributed by atoms with Crippen molar-refractivity contribution in [2.24, 2.45) is 0 Å². The lowest BCUT2D eigenvalue weighted by molar-refractivity contribution is -0.171. The number of carbonyl (C=O) groups is 2. The fraction of sp³-hybridized carbons (Fsp3) is 0.324. The van der Waals surface area contributed by atoms with E-state index in [1.54, 1.807) is 28.0 Å². The highest BCUT2D eigenvalue weighted by Gasteiger charge is 2.47. The first kappa shape index (κ1) is 28.6. The van der Waals surface area contributed by atoms with Crippen LogP contribution in [-0.4, -0.2) is 65.2 Å². The summed E-state index contributed by atoms with van der Waals surface area (Å²) in [6, 6.07) is 25.2. The van der Waals surface area contributed by atoms with Gasteiger partial charge in [-0.2, -0.15) is 0 Å². The minimum absolute atomic E-state index is 0.103. The highest BCUT2D eigenvalue weighted by atomic mass is 19.1. The Kier molecular flexibility index (Phi) is 8.51. The summed E-state index contributed by atoms with van der Waals surface area (Å²) >= 11 is 0. The van der Waals surface area contributed by atoms with Crippen molar-refractivity contribution in [3.8, 4) is 17.1 Å². The molecule has 222 valence electrons. The van der Waals surface area contributed by atoms with Crippen molar-refractivity contribution < 1.29 is 28.0 Å². The first-order chi connectivity index (χ1) is 21.0. The van der Waals surface area contributed by atoms with E-state index in [-0.39, 0.29) is 36.5 Å². The molecule has 2 amide bonds. The van der Waals surface area contributed by atoms with Gasteiger partial charge < -0.3 is 23.8 Å². The van der Waals surface area contributed by atoms with Gasteiger partial charge in [0.15, 0.2) is 17.1 Å². The molecule has 3 heterocycles. The maximum Gasteiger partial charge on any atom is 0.276 e. The van der Waals surface area contributed by atoms with Crippen LogP contribution in [0.2, 0.25) is 0 Å². The molecule has 8 nitrogen and oxygen atoms in total. The molecule has 1 fully saturated rings. The number of fused-ring (bicyclic) bond motifs is 1. The number of halogens is 1. The fourth-order valence-electron chi connectivity index (χ4n) is 5.82. The predicted octanol–water partition coefficient (Wildman–Crippen LogP) is 5.53. The minimum Gasteiger partial charge on any atom is -0.491 e. The van der Waals surface area contributed by atoms with Gasteiger partial charge in [0, 0.05) is 24.7 Å². The third kappa shape index (κ3) is 6.46. The number of para-hydroxylation sites is 1. The number of amides is 2. The van der Waals surface area contributed by atoms with Crippen molar-refractivity contribution in [2.45, 2.75) is 37.8 Å². The number of aromatic nitrogens is 1. The van der Waals surface area contributed by atoms with Gasteiger partial charge in [-0.15, -0.1) is 0 Å². The number of ether oxygens (including phenoxy) is 2. The van der Waals surface area contributed by atoms with Crippen molar-refractivity contribution in [1.29, 1.82) is 0 Å². The van der Waals surface area contributed by atoms with E-state index >= 15 is 0 Å². The number of hydrogen-bond acceptors (Lipinski definition) is 6. The van der Waals surface area contributed by atoms with Gasteiger partial charge in [0.2, 0.25) is 0 Å². The van der Waals surface area contributed by atoms with Crippen LogP contribution < -0.4 is 4.74 Å². The van der Waals surface area contributed by atoms with Gasteiger partial charge in [-0.1, -0.05) is 53.7 Å². The zero-order valence-electron chi connectivity index (χ0n) is 23.9. The molecular weight excluding hydrogens is 549 g/mol. The van der Waals surface area contributed by atoms with Crippen LogP contribution in [0.5, 0.6) is 5.75 Å². The van der Waals surface area contributed by atoms with E-state index in [1.807, 2.05) is 48.5 Å². The van der Waals surface area contributed by atoms with Crippen LogP contribution in [0.25, 0.3) is 11.3 Å². The Morgan fingerprint density at radius 3 is 2.56 bits per heavy atom. The normalized spacial score (nSPS) is 19.7. The topological polar surface area (TPSA) is 85.1 Å². The SMILES string of the molecule is O=C(c1cc(-c2ccc(F)cc2)on1)N1CCOC2(CCCCc3ccccc3OCCN(Cc3ccccc3)C2=O)C1. The molecule has 0 saturated carbocycles. The summed E-state index contributed by atoms with van der Waals surface area (Å²) in [4.78, 5) is 31.5. The number of rotatable bonds is 4. The summed E-state index contributed by atoms with van der Waals surface area (Å²) in [6.45, 7) is 1.74. The molecular formula is C34H34FN3O5. The first-order valence-electron chi connectivity index (χ1n) is 14.7. The lowest BCUT2D eigenvalue weighted by Gasteiger charge is -2.44. The molecule has 3 aromatic carbocycles. The monoisotopic (exact) mass is 583 g/mol. The summed E-state index contributed by atoms with van der Waals surface area (Å²) in [5.74, 6) is 0.354. The molecule has 1 unspecified atom stereocenters. The Bertz CT molecular complexity index is 1560. The van der Waals surface area contributed by atoms with E-state index in [9.17, 15) is 14.0 Å². The number of hydrogen-bond donors (Lipinski definition) is 0. The Morgan fingerprint density at radius 1 is 0.930 bits per heavy atom. The van der Waals surface area contributed by atoms with Gasteiger partial charge in [-0.25, -0.2) is 4.39 Å². The Balaban J connectivity index is 1.26. The molecule has 43 heavy (non-hydrogen) atoms. The zero-order valence-corrected chi connectivity index (χ0v) is 23.9. The van der Waals surface area contributed by atoms with Crippen LogP contribution in [0.3, 0.4) is 0 Å². The van der Waals surface area contributed by atoms with Gasteiger partial charge in [-0.3, -0.25) is 9.59 Å². The second-order valence-electron chi connectivity index (χ2n) is 11.0. The quantitative estimate of drug-likeness (QED) is 0.314. The largest absolute Gasteiger partial charge is 0.491 e. The fourth-order valence-corrected chi connectivity index (χ4v) is 5.82. The van der Waals surface area contributed by atoms with Crippen LogP contribution in [0, 0.1) is 5.82 Å². The number of aryl methyl sites for hydroxylation is 1. The van der Waals surface area contributed by atoms with Gasteiger partial charge in [0.1, 0.15) is 18.2 Å². The number of benzene rings is 3. The van der Waals surface area contributed by atoms with Crippen molar-refractivity contribution in [3.63, 3.8) is 0 Å². The molecule has 2 aliphatic heterocycles. The smallest absolute Gasteiger partial charge is 0.276 e. The highest BCUT2D eigenvalue weighted by Crippen LogP contribution is 2.31. The molecule has 1 atom stereocenters. The van der Waals surface area contributed by atoms with E-state index in [4.69, 9.17) is 14.0 Å². The van der Waals surface area contributed by atoms with Crippen LogP contribution in [0.15, 0.2) is 89.5 Å². The van der Waals surface area contributed by atoms with Crippen LogP contribution >= 0.6 is 0 Å². The molecule has 1 aromatic heterocycles. The molecule has 4 aromatic rings. The third-order valence-corrected chi connectivity index (χ3v) is 8.09. The van der Waals surface area contributed by atoms with Crippen LogP contribution in [0.4, 0.5) is 4.39 Å². The average Bonchev–Trinajstić information content (AvgIpc) is 3.53. The Hall–Kier alpha value is -4.50. The van der Waals surface area contributed by atoms with Gasteiger partial charge >= 0.3 is 0 Å². The molecule has 0 radical (unpaired) electrons. The lowest BCUT2D eigenvalue weighted by Crippen LogP contribution is -2.62.